The van der Waals surface area contributed by atoms with E-state index in [4.69, 9.17) is 14.6 Å². The molecule has 0 spiro atoms. The molecule has 12 heteroatoms. The summed E-state index contributed by atoms with van der Waals surface area (Å²) in [5.41, 5.74) is 2.04. The molecule has 192 valence electrons. The predicted molar refractivity (Wildman–Crippen MR) is 136 cm³/mol. The maximum absolute atomic E-state index is 11.8. The first-order valence-electron chi connectivity index (χ1n) is 11.4. The SMILES string of the molecule is C.NS(=O)(=O)c1c(NC(=O)C2CC2)sc2c1CCOC2.O=C(Nc1cc2c(s1)COCC2)C1CC1. The number of rotatable bonds is 5. The van der Waals surface area contributed by atoms with Crippen molar-refractivity contribution in [2.24, 2.45) is 17.0 Å². The third-order valence-electron chi connectivity index (χ3n) is 6.08. The van der Waals surface area contributed by atoms with Gasteiger partial charge in [0.1, 0.15) is 9.90 Å². The maximum Gasteiger partial charge on any atom is 0.241 e. The number of hydrogen-bond acceptors (Lipinski definition) is 8. The fourth-order valence-corrected chi connectivity index (χ4v) is 7.48. The maximum atomic E-state index is 11.8. The first-order valence-corrected chi connectivity index (χ1v) is 14.5. The lowest BCUT2D eigenvalue weighted by molar-refractivity contribution is -0.118. The molecule has 2 aliphatic carbocycles. The molecule has 2 amide bonds. The Morgan fingerprint density at radius 2 is 1.51 bits per heavy atom. The second-order valence-corrected chi connectivity index (χ2v) is 12.6. The van der Waals surface area contributed by atoms with E-state index >= 15 is 0 Å². The van der Waals surface area contributed by atoms with E-state index in [9.17, 15) is 18.0 Å². The highest BCUT2D eigenvalue weighted by Gasteiger charge is 2.33. The lowest BCUT2D eigenvalue weighted by atomic mass is 10.1. The Bertz CT molecular complexity index is 1190. The van der Waals surface area contributed by atoms with Crippen LogP contribution in [0.4, 0.5) is 10.0 Å². The summed E-state index contributed by atoms with van der Waals surface area (Å²) in [5, 5.41) is 12.3. The number of anilines is 2. The summed E-state index contributed by atoms with van der Waals surface area (Å²) >= 11 is 2.90. The molecule has 4 heterocycles. The third-order valence-corrected chi connectivity index (χ3v) is 9.42. The highest BCUT2D eigenvalue weighted by atomic mass is 32.2. The Morgan fingerprint density at radius 1 is 0.914 bits per heavy atom. The Hall–Kier alpha value is -1.83. The molecule has 0 atom stereocenters. The normalized spacial score (nSPS) is 18.8. The van der Waals surface area contributed by atoms with Crippen molar-refractivity contribution in [3.05, 3.63) is 26.9 Å². The van der Waals surface area contributed by atoms with Crippen LogP contribution in [0.5, 0.6) is 0 Å². The van der Waals surface area contributed by atoms with E-state index in [2.05, 4.69) is 16.7 Å². The number of hydrogen-bond donors (Lipinski definition) is 3. The standard InChI is InChI=1S/C11H14N2O4S2.C11H13NO2S.CH4/c12-19(15,16)9-7-3-4-17-5-8(7)18-11(9)13-10(14)6-1-2-6;13-11(7-1-2-7)12-10-5-8-3-4-14-6-9(8)15-10;/h6H,1-5H2,(H,13,14)(H2,12,15,16);5,7H,1-4,6H2,(H,12,13);1H4. The summed E-state index contributed by atoms with van der Waals surface area (Å²) in [6, 6.07) is 2.10. The van der Waals surface area contributed by atoms with E-state index in [1.165, 1.54) is 21.8 Å². The van der Waals surface area contributed by atoms with Crippen molar-refractivity contribution >= 4 is 54.5 Å². The van der Waals surface area contributed by atoms with Crippen molar-refractivity contribution in [3.63, 3.8) is 0 Å². The van der Waals surface area contributed by atoms with Crippen LogP contribution in [-0.2, 0) is 55.1 Å². The molecule has 0 radical (unpaired) electrons. The summed E-state index contributed by atoms with van der Waals surface area (Å²) in [5.74, 6) is 0.364. The molecule has 9 nitrogen and oxygen atoms in total. The van der Waals surface area contributed by atoms with Crippen LogP contribution >= 0.6 is 22.7 Å². The van der Waals surface area contributed by atoms with Crippen LogP contribution < -0.4 is 15.8 Å². The monoisotopic (exact) mass is 541 g/mol. The van der Waals surface area contributed by atoms with E-state index in [1.807, 2.05) is 0 Å². The molecule has 2 aromatic rings. The molecule has 35 heavy (non-hydrogen) atoms. The van der Waals surface area contributed by atoms with E-state index in [-0.39, 0.29) is 36.0 Å². The van der Waals surface area contributed by atoms with Gasteiger partial charge in [-0.2, -0.15) is 0 Å². The second-order valence-electron chi connectivity index (χ2n) is 8.90. The number of primary sulfonamides is 1. The van der Waals surface area contributed by atoms with Crippen LogP contribution in [0.15, 0.2) is 11.0 Å². The van der Waals surface area contributed by atoms with Gasteiger partial charge in [0.05, 0.1) is 31.4 Å². The molecule has 2 fully saturated rings. The summed E-state index contributed by atoms with van der Waals surface area (Å²) in [7, 11) is -3.84. The van der Waals surface area contributed by atoms with Crippen molar-refractivity contribution in [1.29, 1.82) is 0 Å². The minimum absolute atomic E-state index is 0. The number of thiophene rings is 2. The number of nitrogens with two attached hydrogens (primary N) is 1. The highest BCUT2D eigenvalue weighted by molar-refractivity contribution is 7.89. The zero-order valence-electron chi connectivity index (χ0n) is 18.6. The Labute approximate surface area is 213 Å². The summed E-state index contributed by atoms with van der Waals surface area (Å²) in [6.45, 7) is 2.36. The Balaban J connectivity index is 0.000000164. The molecule has 2 aliphatic heterocycles. The molecule has 4 aliphatic rings. The zero-order valence-corrected chi connectivity index (χ0v) is 21.0. The number of carbonyl (C=O) groups excluding carboxylic acids is 2. The van der Waals surface area contributed by atoms with Crippen molar-refractivity contribution in [2.75, 3.05) is 23.8 Å². The molecule has 0 saturated heterocycles. The largest absolute Gasteiger partial charge is 0.376 e. The molecule has 2 aromatic heterocycles. The number of sulfonamides is 1. The van der Waals surface area contributed by atoms with Gasteiger partial charge in [0.25, 0.3) is 0 Å². The van der Waals surface area contributed by atoms with Crippen molar-refractivity contribution in [1.82, 2.24) is 0 Å². The quantitative estimate of drug-likeness (QED) is 0.529. The Kier molecular flexibility index (Phi) is 7.99. The van der Waals surface area contributed by atoms with E-state index < -0.39 is 10.0 Å². The number of carbonyl (C=O) groups is 2. The Morgan fingerprint density at radius 3 is 2.11 bits per heavy atom. The average Bonchev–Trinajstić information content (AvgIpc) is 3.71. The van der Waals surface area contributed by atoms with Crippen LogP contribution in [0.1, 0.15) is 54.0 Å². The molecule has 0 unspecified atom stereocenters. The van der Waals surface area contributed by atoms with Gasteiger partial charge in [0, 0.05) is 21.6 Å². The molecule has 6 rings (SSSR count). The van der Waals surface area contributed by atoms with Gasteiger partial charge in [-0.15, -0.1) is 22.7 Å². The van der Waals surface area contributed by atoms with Gasteiger partial charge >= 0.3 is 0 Å². The number of fused-ring (bicyclic) bond motifs is 2. The number of nitrogens with one attached hydrogen (secondary N) is 2. The van der Waals surface area contributed by atoms with Gasteiger partial charge in [0.15, 0.2) is 0 Å². The molecular formula is C23H31N3O6S3. The van der Waals surface area contributed by atoms with Gasteiger partial charge < -0.3 is 20.1 Å². The number of ether oxygens (including phenoxy) is 2. The zero-order chi connectivity index (χ0) is 23.9. The summed E-state index contributed by atoms with van der Waals surface area (Å²) in [4.78, 5) is 25.5. The van der Waals surface area contributed by atoms with Gasteiger partial charge in [-0.25, -0.2) is 13.6 Å². The molecule has 2 saturated carbocycles. The van der Waals surface area contributed by atoms with Gasteiger partial charge in [-0.3, -0.25) is 9.59 Å². The van der Waals surface area contributed by atoms with Crippen molar-refractivity contribution in [2.45, 2.75) is 64.1 Å². The van der Waals surface area contributed by atoms with Crippen LogP contribution in [0, 0.1) is 11.8 Å². The van der Waals surface area contributed by atoms with Crippen LogP contribution in [0.2, 0.25) is 0 Å². The van der Waals surface area contributed by atoms with Gasteiger partial charge in [-0.1, -0.05) is 7.43 Å². The van der Waals surface area contributed by atoms with Gasteiger partial charge in [0.2, 0.25) is 21.8 Å². The first kappa shape index (κ1) is 26.2. The minimum Gasteiger partial charge on any atom is -0.376 e. The average molecular weight is 542 g/mol. The molecular weight excluding hydrogens is 510 g/mol. The number of amides is 2. The second kappa shape index (κ2) is 10.7. The lowest BCUT2D eigenvalue weighted by Crippen LogP contribution is -2.20. The fourth-order valence-electron chi connectivity index (χ4n) is 3.92. The van der Waals surface area contributed by atoms with Crippen LogP contribution in [0.3, 0.4) is 0 Å². The van der Waals surface area contributed by atoms with Crippen LogP contribution in [-0.4, -0.2) is 33.4 Å². The van der Waals surface area contributed by atoms with E-state index in [1.54, 1.807) is 11.3 Å². The minimum atomic E-state index is -3.84. The molecule has 4 N–H and O–H groups in total. The van der Waals surface area contributed by atoms with Gasteiger partial charge in [-0.05, 0) is 55.7 Å². The van der Waals surface area contributed by atoms with E-state index in [0.717, 1.165) is 48.6 Å². The van der Waals surface area contributed by atoms with Crippen molar-refractivity contribution < 1.29 is 27.5 Å². The summed E-state index contributed by atoms with van der Waals surface area (Å²) < 4.78 is 34.2. The topological polar surface area (TPSA) is 137 Å². The summed E-state index contributed by atoms with van der Waals surface area (Å²) in [6.07, 6.45) is 5.33. The molecule has 0 aromatic carbocycles. The van der Waals surface area contributed by atoms with E-state index in [0.29, 0.717) is 36.8 Å². The smallest absolute Gasteiger partial charge is 0.241 e. The predicted octanol–water partition coefficient (Wildman–Crippen LogP) is 3.62. The third kappa shape index (κ3) is 6.30. The fraction of sp³-hybridized carbons (Fsp3) is 0.565. The lowest BCUT2D eigenvalue weighted by Gasteiger charge is -2.12. The highest BCUT2D eigenvalue weighted by Crippen LogP contribution is 2.40. The molecule has 0 bridgehead atoms. The van der Waals surface area contributed by atoms with Crippen LogP contribution in [0.25, 0.3) is 0 Å². The van der Waals surface area contributed by atoms with Crippen molar-refractivity contribution in [3.8, 4) is 0 Å². The first-order chi connectivity index (χ1) is 16.3.